The molecule has 1 aromatic carbocycles. The minimum absolute atomic E-state index is 0.244. The summed E-state index contributed by atoms with van der Waals surface area (Å²) in [6, 6.07) is 6.35. The van der Waals surface area contributed by atoms with Crippen LogP contribution >= 0.6 is 11.3 Å². The number of nitrogens with zero attached hydrogens (tertiary/aromatic N) is 4. The van der Waals surface area contributed by atoms with E-state index in [4.69, 9.17) is 4.74 Å². The highest BCUT2D eigenvalue weighted by Gasteiger charge is 2.19. The van der Waals surface area contributed by atoms with Crippen molar-refractivity contribution in [2.45, 2.75) is 25.4 Å². The number of hydrogen-bond donors (Lipinski definition) is 0. The van der Waals surface area contributed by atoms with E-state index in [-0.39, 0.29) is 11.9 Å². The molecule has 3 aromatic rings. The van der Waals surface area contributed by atoms with E-state index < -0.39 is 0 Å². The molecule has 1 fully saturated rings. The van der Waals surface area contributed by atoms with Crippen molar-refractivity contribution in [2.24, 2.45) is 0 Å². The Bertz CT molecular complexity index is 791. The second-order valence-corrected chi connectivity index (χ2v) is 7.05. The molecule has 24 heavy (non-hydrogen) atoms. The zero-order chi connectivity index (χ0) is 16.5. The molecule has 1 unspecified atom stereocenters. The Morgan fingerprint density at radius 2 is 2.17 bits per heavy atom. The maximum absolute atomic E-state index is 13.0. The number of anilines is 1. The third-order valence-electron chi connectivity index (χ3n) is 4.25. The molecule has 0 bridgehead atoms. The third-order valence-corrected chi connectivity index (χ3v) is 5.29. The van der Waals surface area contributed by atoms with Gasteiger partial charge in [0.15, 0.2) is 0 Å². The van der Waals surface area contributed by atoms with Gasteiger partial charge in [0.1, 0.15) is 5.82 Å². The first-order chi connectivity index (χ1) is 11.7. The van der Waals surface area contributed by atoms with Crippen molar-refractivity contribution in [3.8, 4) is 11.3 Å². The molecule has 3 heterocycles. The number of ether oxygens (including phenoxy) is 1. The third kappa shape index (κ3) is 3.14. The molecule has 1 saturated heterocycles. The number of likely N-dealkylation sites (N-methyl/N-ethyl adjacent to an activating group) is 1. The van der Waals surface area contributed by atoms with E-state index in [0.717, 1.165) is 47.3 Å². The van der Waals surface area contributed by atoms with E-state index >= 15 is 0 Å². The first-order valence-corrected chi connectivity index (χ1v) is 8.95. The molecule has 1 aliphatic rings. The van der Waals surface area contributed by atoms with Gasteiger partial charge in [-0.3, -0.25) is 0 Å². The Morgan fingerprint density at radius 3 is 2.88 bits per heavy atom. The van der Waals surface area contributed by atoms with Crippen molar-refractivity contribution in [3.05, 3.63) is 36.3 Å². The molecule has 0 N–H and O–H groups in total. The fourth-order valence-electron chi connectivity index (χ4n) is 2.94. The maximum Gasteiger partial charge on any atom is 0.214 e. The van der Waals surface area contributed by atoms with Crippen LogP contribution in [0.4, 0.5) is 9.52 Å². The Balaban J connectivity index is 1.51. The van der Waals surface area contributed by atoms with Crippen molar-refractivity contribution in [1.29, 1.82) is 0 Å². The van der Waals surface area contributed by atoms with E-state index in [2.05, 4.69) is 15.0 Å². The van der Waals surface area contributed by atoms with E-state index in [1.807, 2.05) is 13.2 Å². The van der Waals surface area contributed by atoms with Crippen LogP contribution in [0.1, 0.15) is 19.3 Å². The van der Waals surface area contributed by atoms with E-state index in [9.17, 15) is 4.39 Å². The topological polar surface area (TPSA) is 42.7 Å². The minimum atomic E-state index is -0.244. The van der Waals surface area contributed by atoms with Gasteiger partial charge in [-0.05, 0) is 43.5 Å². The van der Waals surface area contributed by atoms with Crippen LogP contribution < -0.4 is 4.90 Å². The average molecular weight is 346 g/mol. The summed E-state index contributed by atoms with van der Waals surface area (Å²) in [5.41, 5.74) is 1.69. The fourth-order valence-corrected chi connectivity index (χ4v) is 3.79. The number of aromatic nitrogens is 3. The Hall–Kier alpha value is -1.99. The molecular weight excluding hydrogens is 327 g/mol. The Labute approximate surface area is 143 Å². The first-order valence-electron chi connectivity index (χ1n) is 8.14. The minimum Gasteiger partial charge on any atom is -0.376 e. The van der Waals surface area contributed by atoms with E-state index in [1.54, 1.807) is 28.0 Å². The van der Waals surface area contributed by atoms with Gasteiger partial charge >= 0.3 is 0 Å². The van der Waals surface area contributed by atoms with Crippen LogP contribution in [0.15, 0.2) is 30.5 Å². The lowest BCUT2D eigenvalue weighted by molar-refractivity contribution is 0.0216. The lowest BCUT2D eigenvalue weighted by Gasteiger charge is -2.26. The monoisotopic (exact) mass is 346 g/mol. The van der Waals surface area contributed by atoms with E-state index in [1.165, 1.54) is 18.6 Å². The summed E-state index contributed by atoms with van der Waals surface area (Å²) in [4.78, 5) is 7.57. The van der Waals surface area contributed by atoms with Crippen molar-refractivity contribution in [1.82, 2.24) is 14.6 Å². The molecule has 1 atom stereocenters. The number of fused-ring (bicyclic) bond motifs is 1. The smallest absolute Gasteiger partial charge is 0.214 e. The van der Waals surface area contributed by atoms with Crippen molar-refractivity contribution in [2.75, 3.05) is 25.1 Å². The fraction of sp³-hybridized carbons (Fsp3) is 0.412. The molecule has 126 valence electrons. The van der Waals surface area contributed by atoms with Crippen LogP contribution in [-0.4, -0.2) is 40.9 Å². The van der Waals surface area contributed by atoms with Gasteiger partial charge in [-0.2, -0.15) is 0 Å². The Morgan fingerprint density at radius 1 is 1.33 bits per heavy atom. The normalized spacial score (nSPS) is 18.2. The molecule has 0 spiro atoms. The van der Waals surface area contributed by atoms with Gasteiger partial charge in [-0.25, -0.2) is 13.9 Å². The SMILES string of the molecule is CN(CC1CCCCO1)c1nn2cc(-c3ccc(F)cc3)nc2s1. The van der Waals surface area contributed by atoms with Gasteiger partial charge in [0.2, 0.25) is 10.1 Å². The van der Waals surface area contributed by atoms with Gasteiger partial charge in [0.05, 0.1) is 18.0 Å². The Kier molecular flexibility index (Phi) is 4.20. The highest BCUT2D eigenvalue weighted by molar-refractivity contribution is 7.20. The summed E-state index contributed by atoms with van der Waals surface area (Å²) < 4.78 is 20.6. The molecular formula is C17H19FN4OS. The van der Waals surface area contributed by atoms with Crippen molar-refractivity contribution < 1.29 is 9.13 Å². The molecule has 7 heteroatoms. The zero-order valence-electron chi connectivity index (χ0n) is 13.5. The molecule has 0 amide bonds. The van der Waals surface area contributed by atoms with Crippen LogP contribution in [0, 0.1) is 5.82 Å². The summed E-state index contributed by atoms with van der Waals surface area (Å²) in [6.45, 7) is 1.71. The number of hydrogen-bond acceptors (Lipinski definition) is 5. The highest BCUT2D eigenvalue weighted by atomic mass is 32.1. The van der Waals surface area contributed by atoms with Crippen LogP contribution in [0.2, 0.25) is 0 Å². The molecule has 4 rings (SSSR count). The molecule has 1 aliphatic heterocycles. The summed E-state index contributed by atoms with van der Waals surface area (Å²) in [6.07, 6.45) is 5.68. The van der Waals surface area contributed by atoms with Gasteiger partial charge in [0, 0.05) is 25.8 Å². The van der Waals surface area contributed by atoms with Crippen LogP contribution in [-0.2, 0) is 4.74 Å². The second kappa shape index (κ2) is 6.49. The van der Waals surface area contributed by atoms with Crippen LogP contribution in [0.25, 0.3) is 16.2 Å². The summed E-state index contributed by atoms with van der Waals surface area (Å²) in [7, 11) is 2.04. The highest BCUT2D eigenvalue weighted by Crippen LogP contribution is 2.27. The lowest BCUT2D eigenvalue weighted by Crippen LogP contribution is -2.33. The van der Waals surface area contributed by atoms with E-state index in [0.29, 0.717) is 0 Å². The summed E-state index contributed by atoms with van der Waals surface area (Å²) in [5.74, 6) is -0.244. The lowest BCUT2D eigenvalue weighted by atomic mass is 10.1. The predicted molar refractivity (Wildman–Crippen MR) is 93.1 cm³/mol. The van der Waals surface area contributed by atoms with Crippen LogP contribution in [0.5, 0.6) is 0 Å². The van der Waals surface area contributed by atoms with Crippen molar-refractivity contribution >= 4 is 21.4 Å². The number of rotatable bonds is 4. The van der Waals surface area contributed by atoms with Gasteiger partial charge in [-0.15, -0.1) is 5.10 Å². The van der Waals surface area contributed by atoms with Gasteiger partial charge in [-0.1, -0.05) is 11.3 Å². The number of imidazole rings is 1. The number of benzene rings is 1. The second-order valence-electron chi connectivity index (χ2n) is 6.11. The average Bonchev–Trinajstić information content (AvgIpc) is 3.15. The zero-order valence-corrected chi connectivity index (χ0v) is 14.3. The van der Waals surface area contributed by atoms with Gasteiger partial charge < -0.3 is 9.64 Å². The predicted octanol–water partition coefficient (Wildman–Crippen LogP) is 3.60. The molecule has 0 aliphatic carbocycles. The largest absolute Gasteiger partial charge is 0.376 e. The standard InChI is InChI=1S/C17H19FN4OS/c1-21(10-14-4-2-3-9-23-14)17-20-22-11-15(19-16(22)24-17)12-5-7-13(18)8-6-12/h5-8,11,14H,2-4,9-10H2,1H3. The summed E-state index contributed by atoms with van der Waals surface area (Å²) >= 11 is 1.55. The molecule has 5 nitrogen and oxygen atoms in total. The molecule has 0 radical (unpaired) electrons. The number of halogens is 1. The first kappa shape index (κ1) is 15.5. The van der Waals surface area contributed by atoms with Crippen LogP contribution in [0.3, 0.4) is 0 Å². The molecule has 2 aromatic heterocycles. The quantitative estimate of drug-likeness (QED) is 0.724. The van der Waals surface area contributed by atoms with Gasteiger partial charge in [0.25, 0.3) is 0 Å². The maximum atomic E-state index is 13.0. The van der Waals surface area contributed by atoms with Crippen molar-refractivity contribution in [3.63, 3.8) is 0 Å². The summed E-state index contributed by atoms with van der Waals surface area (Å²) in [5, 5.41) is 5.54. The molecule has 0 saturated carbocycles.